The van der Waals surface area contributed by atoms with Gasteiger partial charge in [-0.1, -0.05) is 0 Å². The summed E-state index contributed by atoms with van der Waals surface area (Å²) in [5.41, 5.74) is 6.97. The zero-order valence-corrected chi connectivity index (χ0v) is 13.5. The summed E-state index contributed by atoms with van der Waals surface area (Å²) >= 11 is 0. The number of hydrogen-bond donors (Lipinski definition) is 2. The number of amides is 1. The number of methoxy groups -OCH3 is 1. The van der Waals surface area contributed by atoms with Crippen LogP contribution < -0.4 is 20.5 Å². The first-order chi connectivity index (χ1) is 11.0. The number of hydrogen-bond acceptors (Lipinski definition) is 5. The SMILES string of the molecule is COc1cc(NC(=O)CN(C)C)ccc1Oc1ccc(N)cc1. The lowest BCUT2D eigenvalue weighted by Gasteiger charge is -2.14. The molecule has 0 saturated heterocycles. The highest BCUT2D eigenvalue weighted by atomic mass is 16.5. The number of ether oxygens (including phenoxy) is 2. The molecule has 0 atom stereocenters. The van der Waals surface area contributed by atoms with Gasteiger partial charge in [-0.25, -0.2) is 0 Å². The molecule has 0 aliphatic carbocycles. The van der Waals surface area contributed by atoms with Gasteiger partial charge < -0.3 is 25.4 Å². The number of anilines is 2. The molecule has 2 aromatic rings. The first-order valence-corrected chi connectivity index (χ1v) is 7.14. The van der Waals surface area contributed by atoms with Crippen LogP contribution in [0.4, 0.5) is 11.4 Å². The van der Waals surface area contributed by atoms with E-state index >= 15 is 0 Å². The van der Waals surface area contributed by atoms with Gasteiger partial charge in [0.2, 0.25) is 5.91 Å². The minimum Gasteiger partial charge on any atom is -0.493 e. The molecule has 0 bridgehead atoms. The van der Waals surface area contributed by atoms with Gasteiger partial charge in [0.05, 0.1) is 13.7 Å². The number of rotatable bonds is 6. The molecule has 0 spiro atoms. The Hall–Kier alpha value is -2.73. The number of nitrogens with one attached hydrogen (secondary N) is 1. The number of likely N-dealkylation sites (N-methyl/N-ethyl adjacent to an activating group) is 1. The minimum atomic E-state index is -0.0933. The second-order valence-corrected chi connectivity index (χ2v) is 5.32. The summed E-state index contributed by atoms with van der Waals surface area (Å²) in [6.45, 7) is 0.312. The lowest BCUT2D eigenvalue weighted by atomic mass is 10.2. The average Bonchev–Trinajstić information content (AvgIpc) is 2.50. The number of nitrogens with two attached hydrogens (primary N) is 1. The quantitative estimate of drug-likeness (QED) is 0.801. The van der Waals surface area contributed by atoms with Gasteiger partial charge in [-0.2, -0.15) is 0 Å². The summed E-state index contributed by atoms with van der Waals surface area (Å²) in [5.74, 6) is 1.65. The molecule has 6 heteroatoms. The molecule has 0 aliphatic heterocycles. The summed E-state index contributed by atoms with van der Waals surface area (Å²) in [7, 11) is 5.23. The van der Waals surface area contributed by atoms with Crippen molar-refractivity contribution in [3.05, 3.63) is 42.5 Å². The van der Waals surface area contributed by atoms with Crippen molar-refractivity contribution in [2.75, 3.05) is 38.8 Å². The van der Waals surface area contributed by atoms with Crippen LogP contribution in [0.3, 0.4) is 0 Å². The fourth-order valence-corrected chi connectivity index (χ4v) is 1.98. The van der Waals surface area contributed by atoms with Crippen molar-refractivity contribution in [1.29, 1.82) is 0 Å². The van der Waals surface area contributed by atoms with Crippen LogP contribution in [0.1, 0.15) is 0 Å². The average molecular weight is 315 g/mol. The van der Waals surface area contributed by atoms with Crippen molar-refractivity contribution in [3.63, 3.8) is 0 Å². The van der Waals surface area contributed by atoms with Gasteiger partial charge >= 0.3 is 0 Å². The Morgan fingerprint density at radius 2 is 1.83 bits per heavy atom. The fraction of sp³-hybridized carbons (Fsp3) is 0.235. The Morgan fingerprint density at radius 3 is 2.43 bits per heavy atom. The molecule has 3 N–H and O–H groups in total. The fourth-order valence-electron chi connectivity index (χ4n) is 1.98. The zero-order chi connectivity index (χ0) is 16.8. The molecule has 2 aromatic carbocycles. The number of carbonyl (C=O) groups excluding carboxylic acids is 1. The van der Waals surface area contributed by atoms with E-state index in [0.29, 0.717) is 35.2 Å². The third-order valence-corrected chi connectivity index (χ3v) is 3.02. The van der Waals surface area contributed by atoms with E-state index < -0.39 is 0 Å². The Morgan fingerprint density at radius 1 is 1.13 bits per heavy atom. The van der Waals surface area contributed by atoms with Crippen LogP contribution in [0.15, 0.2) is 42.5 Å². The zero-order valence-electron chi connectivity index (χ0n) is 13.5. The predicted molar refractivity (Wildman–Crippen MR) is 91.1 cm³/mol. The molecule has 6 nitrogen and oxygen atoms in total. The molecule has 0 aromatic heterocycles. The normalized spacial score (nSPS) is 10.4. The van der Waals surface area contributed by atoms with Crippen molar-refractivity contribution in [1.82, 2.24) is 4.90 Å². The maximum Gasteiger partial charge on any atom is 0.238 e. The summed E-state index contributed by atoms with van der Waals surface area (Å²) in [5, 5.41) is 2.81. The second-order valence-electron chi connectivity index (χ2n) is 5.32. The van der Waals surface area contributed by atoms with Gasteiger partial charge in [-0.3, -0.25) is 4.79 Å². The molecule has 1 amide bonds. The van der Waals surface area contributed by atoms with Crippen LogP contribution in [-0.2, 0) is 4.79 Å². The Labute approximate surface area is 135 Å². The van der Waals surface area contributed by atoms with Gasteiger partial charge in [-0.05, 0) is 50.5 Å². The van der Waals surface area contributed by atoms with E-state index in [-0.39, 0.29) is 5.91 Å². The largest absolute Gasteiger partial charge is 0.493 e. The molecule has 0 fully saturated rings. The summed E-state index contributed by atoms with van der Waals surface area (Å²) < 4.78 is 11.1. The summed E-state index contributed by atoms with van der Waals surface area (Å²) in [6.07, 6.45) is 0. The molecular formula is C17H21N3O3. The van der Waals surface area contributed by atoms with Crippen LogP contribution in [0.25, 0.3) is 0 Å². The van der Waals surface area contributed by atoms with Crippen LogP contribution in [0, 0.1) is 0 Å². The standard InChI is InChI=1S/C17H21N3O3/c1-20(2)11-17(21)19-13-6-9-15(16(10-13)22-3)23-14-7-4-12(18)5-8-14/h4-10H,11,18H2,1-3H3,(H,19,21). The van der Waals surface area contributed by atoms with Gasteiger partial charge in [-0.15, -0.1) is 0 Å². The lowest BCUT2D eigenvalue weighted by molar-refractivity contribution is -0.116. The highest BCUT2D eigenvalue weighted by Gasteiger charge is 2.09. The Balaban J connectivity index is 2.12. The highest BCUT2D eigenvalue weighted by Crippen LogP contribution is 2.34. The van der Waals surface area contributed by atoms with E-state index in [1.807, 2.05) is 14.1 Å². The van der Waals surface area contributed by atoms with Crippen LogP contribution in [-0.4, -0.2) is 38.6 Å². The minimum absolute atomic E-state index is 0.0933. The van der Waals surface area contributed by atoms with Gasteiger partial charge in [0.15, 0.2) is 11.5 Å². The van der Waals surface area contributed by atoms with Crippen LogP contribution in [0.2, 0.25) is 0 Å². The first kappa shape index (κ1) is 16.6. The molecule has 0 saturated carbocycles. The van der Waals surface area contributed by atoms with Gasteiger partial charge in [0.1, 0.15) is 5.75 Å². The summed E-state index contributed by atoms with van der Waals surface area (Å²) in [6, 6.07) is 12.3. The topological polar surface area (TPSA) is 76.8 Å². The van der Waals surface area contributed by atoms with Gasteiger partial charge in [0, 0.05) is 17.4 Å². The van der Waals surface area contributed by atoms with E-state index in [2.05, 4.69) is 5.32 Å². The predicted octanol–water partition coefficient (Wildman–Crippen LogP) is 2.57. The molecule has 122 valence electrons. The lowest BCUT2D eigenvalue weighted by Crippen LogP contribution is -2.27. The van der Waals surface area contributed by atoms with Crippen molar-refractivity contribution < 1.29 is 14.3 Å². The molecule has 0 radical (unpaired) electrons. The molecule has 0 heterocycles. The maximum absolute atomic E-state index is 11.8. The van der Waals surface area contributed by atoms with Crippen molar-refractivity contribution in [3.8, 4) is 17.2 Å². The molecule has 2 rings (SSSR count). The Bertz CT molecular complexity index is 669. The number of benzene rings is 2. The number of nitrogens with zero attached hydrogens (tertiary/aromatic N) is 1. The van der Waals surface area contributed by atoms with E-state index in [1.54, 1.807) is 54.5 Å². The second kappa shape index (κ2) is 7.51. The monoisotopic (exact) mass is 315 g/mol. The van der Waals surface area contributed by atoms with E-state index in [0.717, 1.165) is 0 Å². The smallest absolute Gasteiger partial charge is 0.238 e. The number of carbonyl (C=O) groups is 1. The van der Waals surface area contributed by atoms with Crippen molar-refractivity contribution in [2.24, 2.45) is 0 Å². The first-order valence-electron chi connectivity index (χ1n) is 7.14. The van der Waals surface area contributed by atoms with Crippen molar-refractivity contribution in [2.45, 2.75) is 0 Å². The highest BCUT2D eigenvalue weighted by molar-refractivity contribution is 5.92. The third-order valence-electron chi connectivity index (χ3n) is 3.02. The van der Waals surface area contributed by atoms with E-state index in [1.165, 1.54) is 0 Å². The van der Waals surface area contributed by atoms with Crippen LogP contribution >= 0.6 is 0 Å². The van der Waals surface area contributed by atoms with E-state index in [9.17, 15) is 4.79 Å². The Kier molecular flexibility index (Phi) is 5.43. The number of nitrogen functional groups attached to an aromatic ring is 1. The van der Waals surface area contributed by atoms with Crippen molar-refractivity contribution >= 4 is 17.3 Å². The van der Waals surface area contributed by atoms with E-state index in [4.69, 9.17) is 15.2 Å². The summed E-state index contributed by atoms with van der Waals surface area (Å²) in [4.78, 5) is 13.6. The molecular weight excluding hydrogens is 294 g/mol. The molecule has 23 heavy (non-hydrogen) atoms. The third kappa shape index (κ3) is 4.89. The molecule has 0 unspecified atom stereocenters. The van der Waals surface area contributed by atoms with Crippen LogP contribution in [0.5, 0.6) is 17.2 Å². The van der Waals surface area contributed by atoms with Gasteiger partial charge in [0.25, 0.3) is 0 Å². The maximum atomic E-state index is 11.8. The molecule has 0 aliphatic rings.